The van der Waals surface area contributed by atoms with Gasteiger partial charge in [0.15, 0.2) is 5.82 Å². The van der Waals surface area contributed by atoms with Crippen molar-refractivity contribution in [1.29, 1.82) is 0 Å². The number of benzene rings is 2. The molecule has 3 aromatic rings. The number of aromatic nitrogens is 1. The highest BCUT2D eigenvalue weighted by atomic mass is 28.3. The maximum atomic E-state index is 5.09. The second kappa shape index (κ2) is 7.38. The van der Waals surface area contributed by atoms with Gasteiger partial charge in [0.05, 0.1) is 13.8 Å². The zero-order valence-corrected chi connectivity index (χ0v) is 19.9. The van der Waals surface area contributed by atoms with Gasteiger partial charge in [0.1, 0.15) is 6.17 Å². The van der Waals surface area contributed by atoms with Crippen molar-refractivity contribution in [2.24, 2.45) is 5.92 Å². The third-order valence-corrected chi connectivity index (χ3v) is 8.89. The molecule has 2 aliphatic rings. The van der Waals surface area contributed by atoms with Gasteiger partial charge >= 0.3 is 0 Å². The molecule has 2 aromatic carbocycles. The van der Waals surface area contributed by atoms with E-state index in [-0.39, 0.29) is 6.17 Å². The van der Waals surface area contributed by atoms with Gasteiger partial charge in [-0.3, -0.25) is 0 Å². The van der Waals surface area contributed by atoms with Gasteiger partial charge in [0.2, 0.25) is 0 Å². The summed E-state index contributed by atoms with van der Waals surface area (Å²) in [6, 6.07) is 22.1. The summed E-state index contributed by atoms with van der Waals surface area (Å²) < 4.78 is 0. The molecule has 3 nitrogen and oxygen atoms in total. The average Bonchev–Trinajstić information content (AvgIpc) is 3.11. The molecule has 31 heavy (non-hydrogen) atoms. The van der Waals surface area contributed by atoms with Crippen molar-refractivity contribution in [2.75, 3.05) is 9.80 Å². The van der Waals surface area contributed by atoms with Gasteiger partial charge in [-0.25, -0.2) is 4.98 Å². The molecule has 0 radical (unpaired) electrons. The highest BCUT2D eigenvalue weighted by Crippen LogP contribution is 2.55. The van der Waals surface area contributed by atoms with Crippen molar-refractivity contribution in [3.8, 4) is 0 Å². The topological polar surface area (TPSA) is 19.4 Å². The first-order chi connectivity index (χ1) is 14.9. The maximum absolute atomic E-state index is 5.09. The number of hydrogen-bond donors (Lipinski definition) is 0. The number of pyridine rings is 1. The molecule has 0 saturated heterocycles. The van der Waals surface area contributed by atoms with E-state index in [4.69, 9.17) is 4.98 Å². The van der Waals surface area contributed by atoms with Gasteiger partial charge < -0.3 is 9.80 Å². The predicted molar refractivity (Wildman–Crippen MR) is 135 cm³/mol. The minimum Gasteiger partial charge on any atom is -0.317 e. The molecule has 158 valence electrons. The van der Waals surface area contributed by atoms with Crippen molar-refractivity contribution < 1.29 is 0 Å². The van der Waals surface area contributed by atoms with Crippen LogP contribution in [0.15, 0.2) is 79.5 Å². The molecule has 0 spiro atoms. The number of para-hydroxylation sites is 2. The predicted octanol–water partition coefficient (Wildman–Crippen LogP) is 6.55. The number of anilines is 4. The molecule has 1 aromatic heterocycles. The fourth-order valence-corrected chi connectivity index (χ4v) is 6.26. The molecule has 4 heteroatoms. The summed E-state index contributed by atoms with van der Waals surface area (Å²) in [6.45, 7) is 13.6. The molecular formula is C27H31N3Si. The Morgan fingerprint density at radius 2 is 1.68 bits per heavy atom. The van der Waals surface area contributed by atoms with Gasteiger partial charge in [-0.05, 0) is 47.4 Å². The van der Waals surface area contributed by atoms with Gasteiger partial charge in [-0.15, -0.1) is 6.58 Å². The van der Waals surface area contributed by atoms with Crippen molar-refractivity contribution in [3.63, 3.8) is 0 Å². The Morgan fingerprint density at radius 3 is 2.39 bits per heavy atom. The number of fused-ring (bicyclic) bond motifs is 5. The first kappa shape index (κ1) is 20.1. The molecular weight excluding hydrogens is 394 g/mol. The minimum atomic E-state index is -1.49. The summed E-state index contributed by atoms with van der Waals surface area (Å²) >= 11 is 0. The lowest BCUT2D eigenvalue weighted by molar-refractivity contribution is 0.369. The minimum absolute atomic E-state index is 0.196. The normalized spacial score (nSPS) is 22.0. The summed E-state index contributed by atoms with van der Waals surface area (Å²) in [5, 5.41) is 1.40. The van der Waals surface area contributed by atoms with Gasteiger partial charge in [0.25, 0.3) is 0 Å². The maximum Gasteiger partial charge on any atom is 0.158 e. The third kappa shape index (κ3) is 3.12. The fourth-order valence-electron chi connectivity index (χ4n) is 5.24. The van der Waals surface area contributed by atoms with Crippen LogP contribution >= 0.6 is 0 Å². The molecule has 0 bridgehead atoms. The van der Waals surface area contributed by atoms with Crippen LogP contribution in [0.3, 0.4) is 0 Å². The first-order valence-electron chi connectivity index (χ1n) is 11.3. The standard InChI is InChI=1S/C27H31N3Si/c1-6-12-22-19(2)27-29(20-13-8-7-9-14-20)25-17-21(31(3,4)5)18-28-26(25)30(27)24-16-11-10-15-23(22)24/h6-11,13-19,22,27H,1,12H2,2-5H3. The number of hydrogen-bond acceptors (Lipinski definition) is 3. The molecule has 3 unspecified atom stereocenters. The molecule has 2 aliphatic heterocycles. The van der Waals surface area contributed by atoms with Crippen LogP contribution in [0.5, 0.6) is 0 Å². The summed E-state index contributed by atoms with van der Waals surface area (Å²) in [6.07, 6.45) is 5.38. The van der Waals surface area contributed by atoms with Gasteiger partial charge in [-0.1, -0.05) is 69.0 Å². The number of rotatable bonds is 4. The van der Waals surface area contributed by atoms with E-state index in [1.807, 2.05) is 0 Å². The van der Waals surface area contributed by atoms with E-state index in [9.17, 15) is 0 Å². The van der Waals surface area contributed by atoms with E-state index >= 15 is 0 Å². The largest absolute Gasteiger partial charge is 0.317 e. The van der Waals surface area contributed by atoms with E-state index in [1.54, 1.807) is 0 Å². The summed E-state index contributed by atoms with van der Waals surface area (Å²) in [7, 11) is -1.49. The lowest BCUT2D eigenvalue weighted by Gasteiger charge is -2.45. The molecule has 0 aliphatic carbocycles. The Morgan fingerprint density at radius 1 is 0.968 bits per heavy atom. The highest BCUT2D eigenvalue weighted by Gasteiger charge is 2.48. The van der Waals surface area contributed by atoms with Crippen LogP contribution in [-0.2, 0) is 0 Å². The van der Waals surface area contributed by atoms with Gasteiger partial charge in [0, 0.05) is 23.5 Å². The van der Waals surface area contributed by atoms with E-state index in [0.717, 1.165) is 12.2 Å². The smallest absolute Gasteiger partial charge is 0.158 e. The molecule has 0 N–H and O–H groups in total. The van der Waals surface area contributed by atoms with Crippen LogP contribution in [0, 0.1) is 5.92 Å². The Balaban J connectivity index is 1.77. The number of allylic oxidation sites excluding steroid dienone is 1. The number of nitrogens with zero attached hydrogens (tertiary/aromatic N) is 3. The van der Waals surface area contributed by atoms with Crippen LogP contribution in [0.2, 0.25) is 19.6 Å². The van der Waals surface area contributed by atoms with Crippen molar-refractivity contribution in [2.45, 2.75) is 45.1 Å². The Labute approximate surface area is 187 Å². The summed E-state index contributed by atoms with van der Waals surface area (Å²) in [5.41, 5.74) is 5.15. The second-order valence-corrected chi connectivity index (χ2v) is 14.9. The molecule has 3 atom stereocenters. The molecule has 3 heterocycles. The quantitative estimate of drug-likeness (QED) is 0.349. The Bertz CT molecular complexity index is 1120. The van der Waals surface area contributed by atoms with Crippen LogP contribution < -0.4 is 15.0 Å². The monoisotopic (exact) mass is 425 g/mol. The van der Waals surface area contributed by atoms with E-state index < -0.39 is 8.07 Å². The summed E-state index contributed by atoms with van der Waals surface area (Å²) in [4.78, 5) is 10.1. The SMILES string of the molecule is C=CCC1c2ccccc2N2c3ncc([Si](C)(C)C)cc3N(c3ccccc3)C2C1C. The Kier molecular flexibility index (Phi) is 4.78. The van der Waals surface area contributed by atoms with E-state index in [1.165, 1.54) is 27.8 Å². The third-order valence-electron chi connectivity index (χ3n) is 6.89. The van der Waals surface area contributed by atoms with Crippen molar-refractivity contribution >= 4 is 36.1 Å². The van der Waals surface area contributed by atoms with Crippen LogP contribution in [0.1, 0.15) is 24.8 Å². The molecule has 0 fully saturated rings. The van der Waals surface area contributed by atoms with Crippen LogP contribution in [0.25, 0.3) is 0 Å². The highest BCUT2D eigenvalue weighted by molar-refractivity contribution is 6.88. The van der Waals surface area contributed by atoms with Crippen molar-refractivity contribution in [1.82, 2.24) is 4.98 Å². The zero-order valence-electron chi connectivity index (χ0n) is 18.9. The molecule has 0 amide bonds. The van der Waals surface area contributed by atoms with Crippen LogP contribution in [-0.4, -0.2) is 19.2 Å². The average molecular weight is 426 g/mol. The van der Waals surface area contributed by atoms with Crippen molar-refractivity contribution in [3.05, 3.63) is 85.1 Å². The lowest BCUT2D eigenvalue weighted by Crippen LogP contribution is -2.48. The lowest BCUT2D eigenvalue weighted by atomic mass is 9.78. The second-order valence-electron chi connectivity index (χ2n) is 9.85. The van der Waals surface area contributed by atoms with Gasteiger partial charge in [-0.2, -0.15) is 0 Å². The first-order valence-corrected chi connectivity index (χ1v) is 14.8. The summed E-state index contributed by atoms with van der Waals surface area (Å²) in [5.74, 6) is 1.93. The molecule has 0 saturated carbocycles. The molecule has 5 rings (SSSR count). The van der Waals surface area contributed by atoms with E-state index in [0.29, 0.717) is 11.8 Å². The fraction of sp³-hybridized carbons (Fsp3) is 0.296. The van der Waals surface area contributed by atoms with E-state index in [2.05, 4.69) is 116 Å². The Hall–Kier alpha value is -2.85. The van der Waals surface area contributed by atoms with Crippen LogP contribution in [0.4, 0.5) is 22.9 Å². The zero-order chi connectivity index (χ0) is 21.8.